The maximum Gasteiger partial charge on any atom is 0.411 e. The molecule has 0 atom stereocenters. The third kappa shape index (κ3) is 4.94. The number of alkyl halides is 3. The predicted molar refractivity (Wildman–Crippen MR) is 105 cm³/mol. The third-order valence-corrected chi connectivity index (χ3v) is 4.50. The number of halogens is 3. The molecule has 4 rings (SSSR count). The van der Waals surface area contributed by atoms with Crippen molar-refractivity contribution in [3.8, 4) is 0 Å². The fourth-order valence-electron chi connectivity index (χ4n) is 3.15. The van der Waals surface area contributed by atoms with Gasteiger partial charge in [-0.3, -0.25) is 4.68 Å². The first-order valence-corrected chi connectivity index (χ1v) is 9.51. The topological polar surface area (TPSA) is 93.0 Å². The van der Waals surface area contributed by atoms with Crippen LogP contribution < -0.4 is 15.5 Å². The van der Waals surface area contributed by atoms with Crippen LogP contribution in [0.1, 0.15) is 0 Å². The molecule has 1 aliphatic heterocycles. The molecule has 2 N–H and O–H groups in total. The number of fused-ring (bicyclic) bond motifs is 1. The van der Waals surface area contributed by atoms with Gasteiger partial charge in [0.15, 0.2) is 5.82 Å². The molecule has 4 heterocycles. The maximum absolute atomic E-state index is 12.3. The molecule has 30 heavy (non-hydrogen) atoms. The Kier molecular flexibility index (Phi) is 5.95. The summed E-state index contributed by atoms with van der Waals surface area (Å²) in [6, 6.07) is 5.44. The molecule has 0 spiro atoms. The van der Waals surface area contributed by atoms with Gasteiger partial charge >= 0.3 is 6.18 Å². The highest BCUT2D eigenvalue weighted by Gasteiger charge is 2.27. The van der Waals surface area contributed by atoms with Gasteiger partial charge in [-0.2, -0.15) is 23.3 Å². The van der Waals surface area contributed by atoms with Crippen LogP contribution in [0.15, 0.2) is 30.6 Å². The van der Waals surface area contributed by atoms with Crippen molar-refractivity contribution in [2.75, 3.05) is 49.6 Å². The molecule has 1 aliphatic rings. The van der Waals surface area contributed by atoms with E-state index in [1.54, 1.807) is 29.2 Å². The molecule has 3 aromatic rings. The number of ether oxygens (including phenoxy) is 1. The molecular formula is C18H21F3N8O. The number of anilines is 3. The van der Waals surface area contributed by atoms with Crippen LogP contribution in [0.4, 0.5) is 30.8 Å². The molecule has 1 saturated heterocycles. The molecule has 0 bridgehead atoms. The number of nitrogens with one attached hydrogen (secondary N) is 2. The fraction of sp³-hybridized carbons (Fsp3) is 0.444. The average molecular weight is 422 g/mol. The van der Waals surface area contributed by atoms with Gasteiger partial charge in [0, 0.05) is 32.4 Å². The van der Waals surface area contributed by atoms with E-state index >= 15 is 0 Å². The maximum atomic E-state index is 12.3. The molecule has 0 amide bonds. The van der Waals surface area contributed by atoms with Gasteiger partial charge < -0.3 is 20.3 Å². The highest BCUT2D eigenvalue weighted by Crippen LogP contribution is 2.26. The molecule has 0 saturated carbocycles. The molecule has 0 aliphatic carbocycles. The van der Waals surface area contributed by atoms with Gasteiger partial charge in [-0.1, -0.05) is 6.07 Å². The normalized spacial score (nSPS) is 15.0. The first kappa shape index (κ1) is 20.3. The van der Waals surface area contributed by atoms with Crippen LogP contribution in [0.3, 0.4) is 0 Å². The molecular weight excluding hydrogens is 401 g/mol. The van der Waals surface area contributed by atoms with Crippen LogP contribution in [0.5, 0.6) is 0 Å². The van der Waals surface area contributed by atoms with Crippen molar-refractivity contribution in [3.63, 3.8) is 0 Å². The van der Waals surface area contributed by atoms with Crippen LogP contribution in [0, 0.1) is 0 Å². The molecule has 0 aromatic carbocycles. The zero-order valence-electron chi connectivity index (χ0n) is 16.1. The van der Waals surface area contributed by atoms with Crippen LogP contribution >= 0.6 is 0 Å². The first-order valence-electron chi connectivity index (χ1n) is 9.51. The molecule has 0 unspecified atom stereocenters. The van der Waals surface area contributed by atoms with Crippen molar-refractivity contribution in [2.45, 2.75) is 12.7 Å². The number of aromatic nitrogens is 5. The fourth-order valence-corrected chi connectivity index (χ4v) is 3.15. The van der Waals surface area contributed by atoms with E-state index in [-0.39, 0.29) is 13.2 Å². The standard InChI is InChI=1S/C18H21F3N8O/c19-18(20,21)12-30-10-9-29-15-13(11-24-29)25-17(28-7-5-22-6-8-28)27-16(15)26-14-3-1-2-4-23-14/h1-4,11,22H,5-10,12H2,(H,23,25,26,27). The third-order valence-electron chi connectivity index (χ3n) is 4.50. The summed E-state index contributed by atoms with van der Waals surface area (Å²) in [4.78, 5) is 15.6. The quantitative estimate of drug-likeness (QED) is 0.559. The summed E-state index contributed by atoms with van der Waals surface area (Å²) >= 11 is 0. The van der Waals surface area contributed by atoms with Gasteiger partial charge in [0.2, 0.25) is 5.95 Å². The van der Waals surface area contributed by atoms with E-state index in [4.69, 9.17) is 4.74 Å². The largest absolute Gasteiger partial charge is 0.411 e. The molecule has 160 valence electrons. The van der Waals surface area contributed by atoms with Gasteiger partial charge in [0.05, 0.1) is 19.3 Å². The van der Waals surface area contributed by atoms with Gasteiger partial charge in [-0.25, -0.2) is 9.97 Å². The summed E-state index contributed by atoms with van der Waals surface area (Å²) in [6.45, 7) is 1.91. The van der Waals surface area contributed by atoms with E-state index in [1.807, 2.05) is 6.07 Å². The zero-order chi connectivity index (χ0) is 21.0. The van der Waals surface area contributed by atoms with Crippen molar-refractivity contribution >= 4 is 28.6 Å². The van der Waals surface area contributed by atoms with Gasteiger partial charge in [-0.15, -0.1) is 0 Å². The molecule has 3 aromatic heterocycles. The number of rotatable bonds is 7. The van der Waals surface area contributed by atoms with E-state index in [9.17, 15) is 13.2 Å². The van der Waals surface area contributed by atoms with Crippen LogP contribution in [-0.4, -0.2) is 70.3 Å². The van der Waals surface area contributed by atoms with Crippen LogP contribution in [0.2, 0.25) is 0 Å². The van der Waals surface area contributed by atoms with E-state index < -0.39 is 12.8 Å². The minimum absolute atomic E-state index is 0.132. The first-order chi connectivity index (χ1) is 14.5. The summed E-state index contributed by atoms with van der Waals surface area (Å²) in [5.74, 6) is 1.64. The smallest absolute Gasteiger partial charge is 0.370 e. The van der Waals surface area contributed by atoms with Crippen molar-refractivity contribution in [2.24, 2.45) is 0 Å². The SMILES string of the molecule is FC(F)(F)COCCn1ncc2nc(N3CCNCC3)nc(Nc3ccccn3)c21. The van der Waals surface area contributed by atoms with Crippen molar-refractivity contribution < 1.29 is 17.9 Å². The second kappa shape index (κ2) is 8.79. The van der Waals surface area contributed by atoms with Crippen molar-refractivity contribution in [1.29, 1.82) is 0 Å². The van der Waals surface area contributed by atoms with Crippen LogP contribution in [-0.2, 0) is 11.3 Å². The van der Waals surface area contributed by atoms with E-state index in [0.717, 1.165) is 26.2 Å². The van der Waals surface area contributed by atoms with Gasteiger partial charge in [-0.05, 0) is 12.1 Å². The second-order valence-electron chi connectivity index (χ2n) is 6.72. The molecule has 1 fully saturated rings. The Morgan fingerprint density at radius 2 is 2.00 bits per heavy atom. The summed E-state index contributed by atoms with van der Waals surface area (Å²) in [7, 11) is 0. The lowest BCUT2D eigenvalue weighted by Crippen LogP contribution is -2.44. The van der Waals surface area contributed by atoms with Gasteiger partial charge in [0.1, 0.15) is 23.5 Å². The Labute approximate surface area is 170 Å². The summed E-state index contributed by atoms with van der Waals surface area (Å²) in [5.41, 5.74) is 1.17. The second-order valence-corrected chi connectivity index (χ2v) is 6.72. The summed E-state index contributed by atoms with van der Waals surface area (Å²) in [6.07, 6.45) is -1.13. The summed E-state index contributed by atoms with van der Waals surface area (Å²) in [5, 5.41) is 10.7. The monoisotopic (exact) mass is 422 g/mol. The molecule has 0 radical (unpaired) electrons. The highest BCUT2D eigenvalue weighted by atomic mass is 19.4. The number of nitrogens with zero attached hydrogens (tertiary/aromatic N) is 6. The van der Waals surface area contributed by atoms with Crippen LogP contribution in [0.25, 0.3) is 11.0 Å². The zero-order valence-corrected chi connectivity index (χ0v) is 16.1. The van der Waals surface area contributed by atoms with E-state index in [0.29, 0.717) is 28.6 Å². The number of hydrogen-bond acceptors (Lipinski definition) is 8. The van der Waals surface area contributed by atoms with Crippen molar-refractivity contribution in [1.82, 2.24) is 30.0 Å². The Morgan fingerprint density at radius 3 is 2.73 bits per heavy atom. The minimum Gasteiger partial charge on any atom is -0.370 e. The lowest BCUT2D eigenvalue weighted by atomic mass is 10.3. The Morgan fingerprint density at radius 1 is 1.17 bits per heavy atom. The van der Waals surface area contributed by atoms with Gasteiger partial charge in [0.25, 0.3) is 0 Å². The van der Waals surface area contributed by atoms with E-state index in [1.165, 1.54) is 0 Å². The lowest BCUT2D eigenvalue weighted by Gasteiger charge is -2.27. The van der Waals surface area contributed by atoms with E-state index in [2.05, 4.69) is 35.6 Å². The number of hydrogen-bond donors (Lipinski definition) is 2. The molecule has 12 heteroatoms. The summed E-state index contributed by atoms with van der Waals surface area (Å²) < 4.78 is 43.2. The lowest BCUT2D eigenvalue weighted by molar-refractivity contribution is -0.174. The highest BCUT2D eigenvalue weighted by molar-refractivity contribution is 5.88. The van der Waals surface area contributed by atoms with Crippen molar-refractivity contribution in [3.05, 3.63) is 30.6 Å². The number of piperazine rings is 1. The molecule has 9 nitrogen and oxygen atoms in total. The average Bonchev–Trinajstić information content (AvgIpc) is 3.15. The Hall–Kier alpha value is -2.99. The minimum atomic E-state index is -4.36. The Bertz CT molecular complexity index is 973. The Balaban J connectivity index is 1.63. The predicted octanol–water partition coefficient (Wildman–Crippen LogP) is 1.95. The number of pyridine rings is 1.